The number of aromatic nitrogens is 1. The fraction of sp³-hybridized carbons (Fsp3) is 0.154. The molecule has 0 radical (unpaired) electrons. The van der Waals surface area contributed by atoms with Crippen LogP contribution in [-0.2, 0) is 12.7 Å². The van der Waals surface area contributed by atoms with Crippen molar-refractivity contribution < 1.29 is 17.6 Å². The van der Waals surface area contributed by atoms with Crippen molar-refractivity contribution in [2.24, 2.45) is 0 Å². The van der Waals surface area contributed by atoms with Gasteiger partial charge in [0.1, 0.15) is 10.4 Å². The van der Waals surface area contributed by atoms with Gasteiger partial charge in [-0.1, -0.05) is 6.07 Å². The van der Waals surface area contributed by atoms with Crippen LogP contribution in [0.3, 0.4) is 0 Å². The maximum absolute atomic E-state index is 12.9. The predicted octanol–water partition coefficient (Wildman–Crippen LogP) is 4.61. The molecular weight excluding hydrogens is 340 g/mol. The first kappa shape index (κ1) is 14.8. The molecule has 0 aliphatic heterocycles. The van der Waals surface area contributed by atoms with E-state index in [4.69, 9.17) is 0 Å². The van der Waals surface area contributed by atoms with Gasteiger partial charge in [-0.25, -0.2) is 9.37 Å². The number of halogens is 5. The van der Waals surface area contributed by atoms with E-state index in [0.29, 0.717) is 16.4 Å². The standard InChI is InChI=1S/C13H9BrF4N2/c14-12-4-3-10(7-20-12)19-6-8-1-2-9(15)5-11(8)13(16,17)18/h1-5,7,19H,6H2. The van der Waals surface area contributed by atoms with Crippen molar-refractivity contribution in [2.75, 3.05) is 5.32 Å². The molecule has 0 aliphatic carbocycles. The largest absolute Gasteiger partial charge is 0.416 e. The third kappa shape index (κ3) is 3.69. The van der Waals surface area contributed by atoms with Gasteiger partial charge in [0.05, 0.1) is 17.4 Å². The summed E-state index contributed by atoms with van der Waals surface area (Å²) in [6, 6.07) is 5.96. The number of nitrogens with one attached hydrogen (secondary N) is 1. The Morgan fingerprint density at radius 1 is 1.15 bits per heavy atom. The summed E-state index contributed by atoms with van der Waals surface area (Å²) >= 11 is 3.16. The zero-order valence-electron chi connectivity index (χ0n) is 10.0. The lowest BCUT2D eigenvalue weighted by Crippen LogP contribution is -2.12. The van der Waals surface area contributed by atoms with E-state index in [1.165, 1.54) is 6.20 Å². The lowest BCUT2D eigenvalue weighted by atomic mass is 10.1. The van der Waals surface area contributed by atoms with Gasteiger partial charge in [-0.05, 0) is 45.8 Å². The number of nitrogens with zero attached hydrogens (tertiary/aromatic N) is 1. The number of hydrogen-bond donors (Lipinski definition) is 1. The van der Waals surface area contributed by atoms with E-state index in [1.807, 2.05) is 0 Å². The van der Waals surface area contributed by atoms with Crippen LogP contribution in [0.15, 0.2) is 41.1 Å². The smallest absolute Gasteiger partial charge is 0.380 e. The highest BCUT2D eigenvalue weighted by Crippen LogP contribution is 2.32. The molecule has 1 N–H and O–H groups in total. The molecular formula is C13H9BrF4N2. The van der Waals surface area contributed by atoms with E-state index < -0.39 is 17.6 Å². The number of benzene rings is 1. The topological polar surface area (TPSA) is 24.9 Å². The second-order valence-corrected chi connectivity index (χ2v) is 4.83. The van der Waals surface area contributed by atoms with Crippen LogP contribution in [0.25, 0.3) is 0 Å². The lowest BCUT2D eigenvalue weighted by molar-refractivity contribution is -0.138. The summed E-state index contributed by atoms with van der Waals surface area (Å²) in [5.41, 5.74) is -0.428. The molecule has 2 nitrogen and oxygen atoms in total. The maximum atomic E-state index is 12.9. The van der Waals surface area contributed by atoms with E-state index >= 15 is 0 Å². The number of alkyl halides is 3. The fourth-order valence-electron chi connectivity index (χ4n) is 1.64. The van der Waals surface area contributed by atoms with Gasteiger partial charge < -0.3 is 5.32 Å². The molecule has 0 saturated carbocycles. The Balaban J connectivity index is 2.19. The molecule has 1 heterocycles. The first-order valence-electron chi connectivity index (χ1n) is 5.57. The minimum atomic E-state index is -4.59. The molecule has 0 fully saturated rings. The number of rotatable bonds is 3. The summed E-state index contributed by atoms with van der Waals surface area (Å²) in [5.74, 6) is -0.911. The van der Waals surface area contributed by atoms with E-state index in [0.717, 1.165) is 12.1 Å². The SMILES string of the molecule is Fc1ccc(CNc2ccc(Br)nc2)c(C(F)(F)F)c1. The highest BCUT2D eigenvalue weighted by atomic mass is 79.9. The quantitative estimate of drug-likeness (QED) is 0.646. The van der Waals surface area contributed by atoms with Gasteiger partial charge in [-0.3, -0.25) is 0 Å². The number of anilines is 1. The highest BCUT2D eigenvalue weighted by Gasteiger charge is 2.33. The van der Waals surface area contributed by atoms with Crippen LogP contribution >= 0.6 is 15.9 Å². The Bertz CT molecular complexity index is 596. The Kier molecular flexibility index (Phi) is 4.27. The van der Waals surface area contributed by atoms with Gasteiger partial charge in [0.25, 0.3) is 0 Å². The fourth-order valence-corrected chi connectivity index (χ4v) is 1.88. The van der Waals surface area contributed by atoms with Gasteiger partial charge >= 0.3 is 6.18 Å². The average molecular weight is 349 g/mol. The first-order chi connectivity index (χ1) is 9.36. The van der Waals surface area contributed by atoms with Gasteiger partial charge in [0.15, 0.2) is 0 Å². The van der Waals surface area contributed by atoms with Crippen molar-refractivity contribution in [3.8, 4) is 0 Å². The number of hydrogen-bond acceptors (Lipinski definition) is 2. The molecule has 7 heteroatoms. The van der Waals surface area contributed by atoms with Gasteiger partial charge in [-0.15, -0.1) is 0 Å². The van der Waals surface area contributed by atoms with E-state index in [9.17, 15) is 17.6 Å². The summed E-state index contributed by atoms with van der Waals surface area (Å²) in [6.07, 6.45) is -3.10. The molecule has 2 rings (SSSR count). The van der Waals surface area contributed by atoms with Crippen LogP contribution in [0, 0.1) is 5.82 Å². The van der Waals surface area contributed by atoms with Crippen LogP contribution in [0.2, 0.25) is 0 Å². The molecule has 20 heavy (non-hydrogen) atoms. The molecule has 0 unspecified atom stereocenters. The van der Waals surface area contributed by atoms with Gasteiger partial charge in [0, 0.05) is 6.54 Å². The summed E-state index contributed by atoms with van der Waals surface area (Å²) in [5, 5.41) is 2.81. The molecule has 0 saturated heterocycles. The van der Waals surface area contributed by atoms with Crippen molar-refractivity contribution in [1.29, 1.82) is 0 Å². The maximum Gasteiger partial charge on any atom is 0.416 e. The molecule has 0 spiro atoms. The second-order valence-electron chi connectivity index (χ2n) is 4.02. The van der Waals surface area contributed by atoms with E-state index in [1.54, 1.807) is 12.1 Å². The van der Waals surface area contributed by atoms with Crippen molar-refractivity contribution in [3.63, 3.8) is 0 Å². The van der Waals surface area contributed by atoms with Gasteiger partial charge in [0.2, 0.25) is 0 Å². The molecule has 1 aromatic heterocycles. The van der Waals surface area contributed by atoms with Crippen LogP contribution < -0.4 is 5.32 Å². The minimum absolute atomic E-state index is 0.0261. The monoisotopic (exact) mass is 348 g/mol. The average Bonchev–Trinajstić information content (AvgIpc) is 2.38. The molecule has 0 amide bonds. The van der Waals surface area contributed by atoms with Crippen LogP contribution in [0.5, 0.6) is 0 Å². The molecule has 0 atom stereocenters. The Hall–Kier alpha value is -1.63. The Morgan fingerprint density at radius 3 is 2.50 bits per heavy atom. The summed E-state index contributed by atoms with van der Waals surface area (Å²) in [7, 11) is 0. The summed E-state index contributed by atoms with van der Waals surface area (Å²) in [6.45, 7) is -0.0710. The molecule has 0 aliphatic rings. The normalized spacial score (nSPS) is 11.4. The van der Waals surface area contributed by atoms with Crippen LogP contribution in [-0.4, -0.2) is 4.98 Å². The van der Waals surface area contributed by atoms with Crippen LogP contribution in [0.1, 0.15) is 11.1 Å². The zero-order chi connectivity index (χ0) is 14.8. The molecule has 2 aromatic rings. The van der Waals surface area contributed by atoms with Crippen LogP contribution in [0.4, 0.5) is 23.2 Å². The molecule has 0 bridgehead atoms. The summed E-state index contributed by atoms with van der Waals surface area (Å²) in [4.78, 5) is 3.95. The zero-order valence-corrected chi connectivity index (χ0v) is 11.6. The minimum Gasteiger partial charge on any atom is -0.380 e. The van der Waals surface area contributed by atoms with E-state index in [-0.39, 0.29) is 12.1 Å². The van der Waals surface area contributed by atoms with Crippen molar-refractivity contribution >= 4 is 21.6 Å². The lowest BCUT2D eigenvalue weighted by Gasteiger charge is -2.14. The summed E-state index contributed by atoms with van der Waals surface area (Å²) < 4.78 is 52.0. The van der Waals surface area contributed by atoms with Crippen molar-refractivity contribution in [3.05, 3.63) is 58.1 Å². The molecule has 1 aromatic carbocycles. The second kappa shape index (κ2) is 5.78. The Morgan fingerprint density at radius 2 is 1.90 bits per heavy atom. The molecule has 106 valence electrons. The third-order valence-electron chi connectivity index (χ3n) is 2.59. The van der Waals surface area contributed by atoms with Crippen molar-refractivity contribution in [1.82, 2.24) is 4.98 Å². The first-order valence-corrected chi connectivity index (χ1v) is 6.36. The highest BCUT2D eigenvalue weighted by molar-refractivity contribution is 9.10. The van der Waals surface area contributed by atoms with E-state index in [2.05, 4.69) is 26.2 Å². The van der Waals surface area contributed by atoms with Crippen molar-refractivity contribution in [2.45, 2.75) is 12.7 Å². The van der Waals surface area contributed by atoms with Gasteiger partial charge in [-0.2, -0.15) is 13.2 Å². The third-order valence-corrected chi connectivity index (χ3v) is 3.06. The Labute approximate surface area is 121 Å². The number of pyridine rings is 1. The predicted molar refractivity (Wildman–Crippen MR) is 70.7 cm³/mol.